The molecule has 126 valence electrons. The van der Waals surface area contributed by atoms with Gasteiger partial charge in [-0.1, -0.05) is 36.4 Å². The number of amides is 1. The Kier molecular flexibility index (Phi) is 5.36. The van der Waals surface area contributed by atoms with Crippen LogP contribution in [0.5, 0.6) is 0 Å². The maximum Gasteiger partial charge on any atom is 0.239 e. The average Bonchev–Trinajstić information content (AvgIpc) is 3.02. The number of hydrogen-bond donors (Lipinski definition) is 1. The first-order valence-corrected chi connectivity index (χ1v) is 8.60. The fourth-order valence-electron chi connectivity index (χ4n) is 3.16. The van der Waals surface area contributed by atoms with Crippen molar-refractivity contribution in [1.29, 1.82) is 0 Å². The summed E-state index contributed by atoms with van der Waals surface area (Å²) >= 11 is 0. The molecule has 3 rings (SSSR count). The van der Waals surface area contributed by atoms with Gasteiger partial charge in [0.25, 0.3) is 0 Å². The van der Waals surface area contributed by atoms with E-state index in [9.17, 15) is 4.79 Å². The van der Waals surface area contributed by atoms with Crippen LogP contribution < -0.4 is 15.1 Å². The molecule has 24 heavy (non-hydrogen) atoms. The predicted octanol–water partition coefficient (Wildman–Crippen LogP) is 2.69. The van der Waals surface area contributed by atoms with Crippen LogP contribution in [0.3, 0.4) is 0 Å². The highest BCUT2D eigenvalue weighted by Gasteiger charge is 2.20. The molecule has 0 aliphatic carbocycles. The summed E-state index contributed by atoms with van der Waals surface area (Å²) in [5.41, 5.74) is 3.75. The largest absolute Gasteiger partial charge is 0.375 e. The third kappa shape index (κ3) is 4.07. The van der Waals surface area contributed by atoms with Crippen molar-refractivity contribution in [2.45, 2.75) is 12.8 Å². The first-order valence-electron chi connectivity index (χ1n) is 8.60. The highest BCUT2D eigenvalue weighted by molar-refractivity contribution is 5.82. The van der Waals surface area contributed by atoms with Crippen molar-refractivity contribution < 1.29 is 4.79 Å². The molecular formula is C20H25N3O. The fourth-order valence-corrected chi connectivity index (χ4v) is 3.16. The van der Waals surface area contributed by atoms with Crippen molar-refractivity contribution in [3.63, 3.8) is 0 Å². The molecule has 1 aliphatic heterocycles. The molecule has 2 aromatic carbocycles. The van der Waals surface area contributed by atoms with Gasteiger partial charge in [-0.05, 0) is 36.6 Å². The maximum atomic E-state index is 12.2. The number of carbonyl (C=O) groups is 1. The van der Waals surface area contributed by atoms with Gasteiger partial charge in [0.1, 0.15) is 0 Å². The van der Waals surface area contributed by atoms with E-state index in [1.54, 1.807) is 0 Å². The summed E-state index contributed by atoms with van der Waals surface area (Å²) in [6, 6.07) is 18.7. The average molecular weight is 323 g/mol. The summed E-state index contributed by atoms with van der Waals surface area (Å²) in [6.45, 7) is 3.03. The minimum absolute atomic E-state index is 0.106. The van der Waals surface area contributed by atoms with Gasteiger partial charge in [-0.25, -0.2) is 0 Å². The molecule has 0 radical (unpaired) electrons. The first kappa shape index (κ1) is 16.4. The molecule has 4 nitrogen and oxygen atoms in total. The minimum atomic E-state index is 0.106. The Morgan fingerprint density at radius 3 is 2.71 bits per heavy atom. The zero-order chi connectivity index (χ0) is 16.8. The van der Waals surface area contributed by atoms with E-state index in [-0.39, 0.29) is 5.91 Å². The summed E-state index contributed by atoms with van der Waals surface area (Å²) < 4.78 is 0. The van der Waals surface area contributed by atoms with Gasteiger partial charge in [0.05, 0.1) is 6.54 Å². The maximum absolute atomic E-state index is 12.2. The Balaban J connectivity index is 1.38. The Morgan fingerprint density at radius 1 is 1.12 bits per heavy atom. The van der Waals surface area contributed by atoms with E-state index in [0.29, 0.717) is 13.1 Å². The molecule has 0 bridgehead atoms. The van der Waals surface area contributed by atoms with Crippen molar-refractivity contribution >= 4 is 17.3 Å². The normalized spacial score (nSPS) is 12.8. The number of carbonyl (C=O) groups excluding carboxylic acids is 1. The molecule has 0 saturated heterocycles. The van der Waals surface area contributed by atoms with Gasteiger partial charge >= 0.3 is 0 Å². The summed E-state index contributed by atoms with van der Waals surface area (Å²) in [4.78, 5) is 16.5. The molecule has 1 aliphatic rings. The van der Waals surface area contributed by atoms with Crippen molar-refractivity contribution in [3.05, 3.63) is 60.2 Å². The van der Waals surface area contributed by atoms with E-state index < -0.39 is 0 Å². The van der Waals surface area contributed by atoms with Gasteiger partial charge in [0, 0.05) is 38.1 Å². The molecule has 1 amide bonds. The van der Waals surface area contributed by atoms with Crippen LogP contribution >= 0.6 is 0 Å². The SMILES string of the molecule is CN(CCCNC(=O)CN1CCc2ccccc21)c1ccccc1. The number of benzene rings is 2. The zero-order valence-corrected chi connectivity index (χ0v) is 14.2. The predicted molar refractivity (Wildman–Crippen MR) is 99.7 cm³/mol. The van der Waals surface area contributed by atoms with Gasteiger partial charge < -0.3 is 15.1 Å². The lowest BCUT2D eigenvalue weighted by Gasteiger charge is -2.20. The summed E-state index contributed by atoms with van der Waals surface area (Å²) in [5, 5.41) is 3.04. The van der Waals surface area contributed by atoms with Gasteiger partial charge in [-0.15, -0.1) is 0 Å². The third-order valence-electron chi connectivity index (χ3n) is 4.51. The topological polar surface area (TPSA) is 35.6 Å². The van der Waals surface area contributed by atoms with Crippen LogP contribution in [0.25, 0.3) is 0 Å². The van der Waals surface area contributed by atoms with Crippen LogP contribution in [0.2, 0.25) is 0 Å². The molecule has 0 fully saturated rings. The lowest BCUT2D eigenvalue weighted by atomic mass is 10.2. The van der Waals surface area contributed by atoms with E-state index in [4.69, 9.17) is 0 Å². The van der Waals surface area contributed by atoms with E-state index in [1.807, 2.05) is 24.3 Å². The number of anilines is 2. The van der Waals surface area contributed by atoms with Crippen LogP contribution in [0.15, 0.2) is 54.6 Å². The highest BCUT2D eigenvalue weighted by Crippen LogP contribution is 2.26. The Morgan fingerprint density at radius 2 is 1.88 bits per heavy atom. The fraction of sp³-hybridized carbons (Fsp3) is 0.350. The van der Waals surface area contributed by atoms with Crippen LogP contribution in [0.4, 0.5) is 11.4 Å². The molecular weight excluding hydrogens is 298 g/mol. The van der Waals surface area contributed by atoms with Gasteiger partial charge in [0.15, 0.2) is 0 Å². The van der Waals surface area contributed by atoms with Crippen molar-refractivity contribution in [1.82, 2.24) is 5.32 Å². The third-order valence-corrected chi connectivity index (χ3v) is 4.51. The first-order chi connectivity index (χ1) is 11.7. The molecule has 2 aromatic rings. The zero-order valence-electron chi connectivity index (χ0n) is 14.2. The summed E-state index contributed by atoms with van der Waals surface area (Å²) in [6.07, 6.45) is 1.97. The Hall–Kier alpha value is -2.49. The van der Waals surface area contributed by atoms with E-state index >= 15 is 0 Å². The summed E-state index contributed by atoms with van der Waals surface area (Å²) in [7, 11) is 2.08. The highest BCUT2D eigenvalue weighted by atomic mass is 16.2. The molecule has 4 heteroatoms. The number of nitrogens with zero attached hydrogens (tertiary/aromatic N) is 2. The summed E-state index contributed by atoms with van der Waals surface area (Å²) in [5.74, 6) is 0.106. The number of hydrogen-bond acceptors (Lipinski definition) is 3. The van der Waals surface area contributed by atoms with Gasteiger partial charge in [0.2, 0.25) is 5.91 Å². The van der Waals surface area contributed by atoms with Crippen LogP contribution in [0, 0.1) is 0 Å². The molecule has 0 spiro atoms. The number of nitrogens with one attached hydrogen (secondary N) is 1. The van der Waals surface area contributed by atoms with Crippen molar-refractivity contribution in [2.24, 2.45) is 0 Å². The smallest absolute Gasteiger partial charge is 0.239 e. The second kappa shape index (κ2) is 7.86. The van der Waals surface area contributed by atoms with Crippen LogP contribution in [-0.4, -0.2) is 39.1 Å². The van der Waals surface area contributed by atoms with Crippen LogP contribution in [0.1, 0.15) is 12.0 Å². The van der Waals surface area contributed by atoms with Crippen molar-refractivity contribution in [3.8, 4) is 0 Å². The van der Waals surface area contributed by atoms with E-state index in [0.717, 1.165) is 25.9 Å². The lowest BCUT2D eigenvalue weighted by Crippen LogP contribution is -2.37. The number of rotatable bonds is 7. The molecule has 0 aromatic heterocycles. The molecule has 0 atom stereocenters. The van der Waals surface area contributed by atoms with E-state index in [1.165, 1.54) is 16.9 Å². The number of para-hydroxylation sites is 2. The Bertz CT molecular complexity index is 672. The molecule has 0 saturated carbocycles. The molecule has 1 N–H and O–H groups in total. The van der Waals surface area contributed by atoms with E-state index in [2.05, 4.69) is 52.5 Å². The Labute approximate surface area is 144 Å². The monoisotopic (exact) mass is 323 g/mol. The second-order valence-electron chi connectivity index (χ2n) is 6.26. The van der Waals surface area contributed by atoms with Crippen molar-refractivity contribution in [2.75, 3.05) is 43.0 Å². The van der Waals surface area contributed by atoms with Crippen LogP contribution in [-0.2, 0) is 11.2 Å². The quantitative estimate of drug-likeness (QED) is 0.796. The lowest BCUT2D eigenvalue weighted by molar-refractivity contribution is -0.119. The number of fused-ring (bicyclic) bond motifs is 1. The second-order valence-corrected chi connectivity index (χ2v) is 6.26. The van der Waals surface area contributed by atoms with Gasteiger partial charge in [-0.3, -0.25) is 4.79 Å². The molecule has 0 unspecified atom stereocenters. The minimum Gasteiger partial charge on any atom is -0.375 e. The van der Waals surface area contributed by atoms with Gasteiger partial charge in [-0.2, -0.15) is 0 Å². The standard InChI is InChI=1S/C20H25N3O/c1-22(18-9-3-2-4-10-18)14-7-13-21-20(24)16-23-15-12-17-8-5-6-11-19(17)23/h2-6,8-11H,7,12-16H2,1H3,(H,21,24). The molecule has 1 heterocycles.